The number of aryl methyl sites for hydroxylation is 1. The largest absolute Gasteiger partial charge is 0.416 e. The highest BCUT2D eigenvalue weighted by Gasteiger charge is 2.30. The van der Waals surface area contributed by atoms with Gasteiger partial charge in [0, 0.05) is 12.2 Å². The van der Waals surface area contributed by atoms with Crippen molar-refractivity contribution < 1.29 is 13.2 Å². The molecule has 0 fully saturated rings. The van der Waals surface area contributed by atoms with Gasteiger partial charge in [-0.15, -0.1) is 0 Å². The highest BCUT2D eigenvalue weighted by atomic mass is 19.4. The summed E-state index contributed by atoms with van der Waals surface area (Å²) in [6.07, 6.45) is -4.30. The lowest BCUT2D eigenvalue weighted by Crippen LogP contribution is -2.06. The van der Waals surface area contributed by atoms with E-state index < -0.39 is 11.7 Å². The predicted octanol–water partition coefficient (Wildman–Crippen LogP) is 4.63. The molecule has 0 radical (unpaired) electrons. The van der Waals surface area contributed by atoms with E-state index in [9.17, 15) is 13.2 Å². The summed E-state index contributed by atoms with van der Waals surface area (Å²) in [6, 6.07) is 13.1. The molecular weight excluding hydrogens is 251 g/mol. The van der Waals surface area contributed by atoms with Crippen molar-refractivity contribution in [1.82, 2.24) is 0 Å². The maximum Gasteiger partial charge on any atom is 0.416 e. The van der Waals surface area contributed by atoms with Gasteiger partial charge in [0.05, 0.1) is 5.56 Å². The first kappa shape index (κ1) is 13.5. The van der Waals surface area contributed by atoms with Crippen molar-refractivity contribution in [3.63, 3.8) is 0 Å². The molecule has 19 heavy (non-hydrogen) atoms. The van der Waals surface area contributed by atoms with Gasteiger partial charge < -0.3 is 5.32 Å². The number of hydrogen-bond donors (Lipinski definition) is 1. The lowest BCUT2D eigenvalue weighted by molar-refractivity contribution is -0.137. The summed E-state index contributed by atoms with van der Waals surface area (Å²) in [5, 5.41) is 2.99. The Bertz CT molecular complexity index is 544. The molecule has 0 atom stereocenters. The molecule has 0 amide bonds. The molecule has 4 heteroatoms. The summed E-state index contributed by atoms with van der Waals surface area (Å²) in [7, 11) is 0. The molecule has 2 aromatic rings. The Morgan fingerprint density at radius 1 is 1.00 bits per heavy atom. The summed E-state index contributed by atoms with van der Waals surface area (Å²) < 4.78 is 37.6. The fourth-order valence-corrected chi connectivity index (χ4v) is 1.72. The number of benzene rings is 2. The lowest BCUT2D eigenvalue weighted by atomic mass is 10.1. The summed E-state index contributed by atoms with van der Waals surface area (Å²) in [5.41, 5.74) is 2.02. The summed E-state index contributed by atoms with van der Waals surface area (Å²) in [4.78, 5) is 0. The van der Waals surface area contributed by atoms with Crippen molar-refractivity contribution in [2.75, 3.05) is 5.32 Å². The van der Waals surface area contributed by atoms with Crippen LogP contribution in [-0.2, 0) is 12.7 Å². The van der Waals surface area contributed by atoms with Gasteiger partial charge in [0.2, 0.25) is 0 Å². The van der Waals surface area contributed by atoms with E-state index in [0.717, 1.165) is 23.3 Å². The Morgan fingerprint density at radius 2 is 1.68 bits per heavy atom. The van der Waals surface area contributed by atoms with Gasteiger partial charge in [-0.05, 0) is 30.7 Å². The minimum absolute atomic E-state index is 0.468. The van der Waals surface area contributed by atoms with Crippen LogP contribution in [0.4, 0.5) is 18.9 Å². The van der Waals surface area contributed by atoms with Crippen LogP contribution in [0.2, 0.25) is 0 Å². The van der Waals surface area contributed by atoms with Gasteiger partial charge in [-0.25, -0.2) is 0 Å². The SMILES string of the molecule is Cc1ccc(CNc2cccc(C(F)(F)F)c2)cc1. The molecule has 1 nitrogen and oxygen atoms in total. The number of rotatable bonds is 3. The van der Waals surface area contributed by atoms with Crippen LogP contribution in [0.5, 0.6) is 0 Å². The van der Waals surface area contributed by atoms with E-state index in [1.54, 1.807) is 6.07 Å². The summed E-state index contributed by atoms with van der Waals surface area (Å²) in [5.74, 6) is 0. The third kappa shape index (κ3) is 3.74. The molecule has 0 unspecified atom stereocenters. The van der Waals surface area contributed by atoms with Gasteiger partial charge >= 0.3 is 6.18 Å². The van der Waals surface area contributed by atoms with Crippen LogP contribution in [-0.4, -0.2) is 0 Å². The van der Waals surface area contributed by atoms with Crippen LogP contribution in [0, 0.1) is 6.92 Å². The Hall–Kier alpha value is -1.97. The number of hydrogen-bond acceptors (Lipinski definition) is 1. The molecule has 1 N–H and O–H groups in total. The average Bonchev–Trinajstić information content (AvgIpc) is 2.37. The number of nitrogens with one attached hydrogen (secondary N) is 1. The molecule has 100 valence electrons. The minimum Gasteiger partial charge on any atom is -0.381 e. The number of alkyl halides is 3. The third-order valence-electron chi connectivity index (χ3n) is 2.81. The molecule has 2 rings (SSSR count). The molecule has 0 aliphatic carbocycles. The molecule has 0 aliphatic rings. The van der Waals surface area contributed by atoms with Gasteiger partial charge in [0.1, 0.15) is 0 Å². The zero-order valence-corrected chi connectivity index (χ0v) is 10.5. The fourth-order valence-electron chi connectivity index (χ4n) is 1.72. The second-order valence-corrected chi connectivity index (χ2v) is 4.42. The predicted molar refractivity (Wildman–Crippen MR) is 69.9 cm³/mol. The van der Waals surface area contributed by atoms with Crippen LogP contribution in [0.25, 0.3) is 0 Å². The van der Waals surface area contributed by atoms with Crippen LogP contribution in [0.15, 0.2) is 48.5 Å². The molecule has 0 saturated carbocycles. The number of halogens is 3. The van der Waals surface area contributed by atoms with E-state index in [1.807, 2.05) is 31.2 Å². The van der Waals surface area contributed by atoms with E-state index in [-0.39, 0.29) is 0 Å². The lowest BCUT2D eigenvalue weighted by Gasteiger charge is -2.10. The van der Waals surface area contributed by atoms with E-state index in [1.165, 1.54) is 6.07 Å². The highest BCUT2D eigenvalue weighted by Crippen LogP contribution is 2.30. The fraction of sp³-hybridized carbons (Fsp3) is 0.200. The normalized spacial score (nSPS) is 11.4. The first-order valence-corrected chi connectivity index (χ1v) is 5.92. The average molecular weight is 265 g/mol. The first-order valence-electron chi connectivity index (χ1n) is 5.92. The first-order chi connectivity index (χ1) is 8.95. The maximum absolute atomic E-state index is 12.5. The van der Waals surface area contributed by atoms with E-state index in [0.29, 0.717) is 12.2 Å². The van der Waals surface area contributed by atoms with Crippen LogP contribution < -0.4 is 5.32 Å². The molecular formula is C15H14F3N. The highest BCUT2D eigenvalue weighted by molar-refractivity contribution is 5.47. The maximum atomic E-state index is 12.5. The Morgan fingerprint density at radius 3 is 2.32 bits per heavy atom. The van der Waals surface area contributed by atoms with E-state index >= 15 is 0 Å². The smallest absolute Gasteiger partial charge is 0.381 e. The van der Waals surface area contributed by atoms with Crippen molar-refractivity contribution in [2.45, 2.75) is 19.6 Å². The molecule has 0 saturated heterocycles. The van der Waals surface area contributed by atoms with Crippen molar-refractivity contribution >= 4 is 5.69 Å². The van der Waals surface area contributed by atoms with Crippen molar-refractivity contribution in [3.8, 4) is 0 Å². The molecule has 2 aromatic carbocycles. The molecule has 0 aromatic heterocycles. The van der Waals surface area contributed by atoms with Gasteiger partial charge in [-0.2, -0.15) is 13.2 Å². The monoisotopic (exact) mass is 265 g/mol. The van der Waals surface area contributed by atoms with E-state index in [2.05, 4.69) is 5.32 Å². The second kappa shape index (κ2) is 5.34. The van der Waals surface area contributed by atoms with Crippen LogP contribution >= 0.6 is 0 Å². The zero-order chi connectivity index (χ0) is 13.9. The standard InChI is InChI=1S/C15H14F3N/c1-11-5-7-12(8-6-11)10-19-14-4-2-3-13(9-14)15(16,17)18/h2-9,19H,10H2,1H3. The van der Waals surface area contributed by atoms with Gasteiger partial charge in [0.15, 0.2) is 0 Å². The van der Waals surface area contributed by atoms with Crippen LogP contribution in [0.3, 0.4) is 0 Å². The summed E-state index contributed by atoms with van der Waals surface area (Å²) >= 11 is 0. The topological polar surface area (TPSA) is 12.0 Å². The second-order valence-electron chi connectivity index (χ2n) is 4.42. The van der Waals surface area contributed by atoms with Crippen molar-refractivity contribution in [2.24, 2.45) is 0 Å². The molecule has 0 heterocycles. The van der Waals surface area contributed by atoms with Gasteiger partial charge in [0.25, 0.3) is 0 Å². The Labute approximate surface area is 110 Å². The quantitative estimate of drug-likeness (QED) is 0.853. The molecule has 0 spiro atoms. The van der Waals surface area contributed by atoms with Crippen molar-refractivity contribution in [1.29, 1.82) is 0 Å². The third-order valence-corrected chi connectivity index (χ3v) is 2.81. The van der Waals surface area contributed by atoms with Crippen LogP contribution in [0.1, 0.15) is 16.7 Å². The Balaban J connectivity index is 2.05. The zero-order valence-electron chi connectivity index (χ0n) is 10.5. The van der Waals surface area contributed by atoms with E-state index in [4.69, 9.17) is 0 Å². The van der Waals surface area contributed by atoms with Gasteiger partial charge in [-0.1, -0.05) is 35.9 Å². The Kier molecular flexibility index (Phi) is 3.79. The summed E-state index contributed by atoms with van der Waals surface area (Å²) in [6.45, 7) is 2.49. The number of anilines is 1. The molecule has 0 aliphatic heterocycles. The van der Waals surface area contributed by atoms with Gasteiger partial charge in [-0.3, -0.25) is 0 Å². The van der Waals surface area contributed by atoms with Crippen molar-refractivity contribution in [3.05, 3.63) is 65.2 Å². The molecule has 0 bridgehead atoms. The minimum atomic E-state index is -4.30.